The molecule has 0 aliphatic rings. The van der Waals surface area contributed by atoms with Crippen molar-refractivity contribution in [2.45, 2.75) is 26.3 Å². The molecule has 0 amide bonds. The molecule has 1 nitrogen and oxygen atoms in total. The number of hydrogen-bond acceptors (Lipinski definition) is 1. The van der Waals surface area contributed by atoms with Crippen LogP contribution in [0.3, 0.4) is 0 Å². The minimum atomic E-state index is 0.239. The van der Waals surface area contributed by atoms with Crippen molar-refractivity contribution in [1.29, 1.82) is 0 Å². The highest BCUT2D eigenvalue weighted by Crippen LogP contribution is 2.09. The van der Waals surface area contributed by atoms with Crippen LogP contribution in [0.2, 0.25) is 0 Å². The van der Waals surface area contributed by atoms with E-state index in [4.69, 9.17) is 0 Å². The van der Waals surface area contributed by atoms with Crippen LogP contribution in [0.15, 0.2) is 29.3 Å². The SMILES string of the molecule is C=C/C=C(\CC)[C@@H](C)N=C. The van der Waals surface area contributed by atoms with E-state index in [0.717, 1.165) is 6.42 Å². The van der Waals surface area contributed by atoms with Crippen molar-refractivity contribution in [3.8, 4) is 0 Å². The molecule has 0 rings (SSSR count). The van der Waals surface area contributed by atoms with Gasteiger partial charge in [0.1, 0.15) is 0 Å². The molecule has 0 heterocycles. The summed E-state index contributed by atoms with van der Waals surface area (Å²) in [5.41, 5.74) is 1.28. The number of aliphatic imine (C=N–C) groups is 1. The predicted octanol–water partition coefficient (Wildman–Crippen LogP) is 2.60. The van der Waals surface area contributed by atoms with Gasteiger partial charge in [0.05, 0.1) is 6.04 Å². The van der Waals surface area contributed by atoms with Gasteiger partial charge in [0.2, 0.25) is 0 Å². The summed E-state index contributed by atoms with van der Waals surface area (Å²) < 4.78 is 0. The summed E-state index contributed by atoms with van der Waals surface area (Å²) in [7, 11) is 0. The molecule has 0 aliphatic carbocycles. The third-order valence-corrected chi connectivity index (χ3v) is 1.55. The third kappa shape index (κ3) is 2.62. The average Bonchev–Trinajstić information content (AvgIpc) is 1.99. The predicted molar refractivity (Wildman–Crippen MR) is 47.6 cm³/mol. The highest BCUT2D eigenvalue weighted by molar-refractivity contribution is 5.28. The zero-order chi connectivity index (χ0) is 7.98. The van der Waals surface area contributed by atoms with Gasteiger partial charge in [0.25, 0.3) is 0 Å². The molecule has 1 heteroatoms. The maximum atomic E-state index is 3.91. The van der Waals surface area contributed by atoms with Gasteiger partial charge in [-0.1, -0.05) is 25.7 Å². The second kappa shape index (κ2) is 4.98. The minimum Gasteiger partial charge on any atom is -0.293 e. The molecule has 0 aromatic carbocycles. The molecule has 0 spiro atoms. The Morgan fingerprint density at radius 1 is 1.70 bits per heavy atom. The first-order valence-corrected chi connectivity index (χ1v) is 3.53. The van der Waals surface area contributed by atoms with Crippen LogP contribution in [0.25, 0.3) is 0 Å². The standard InChI is InChI=1S/C9H15N/c1-5-7-9(6-2)8(3)10-4/h5,7-8H,1,4,6H2,2-3H3/b9-7+/t8-/m1/s1. The maximum Gasteiger partial charge on any atom is 0.0676 e. The highest BCUT2D eigenvalue weighted by atomic mass is 14.7. The van der Waals surface area contributed by atoms with Crippen LogP contribution < -0.4 is 0 Å². The van der Waals surface area contributed by atoms with Crippen molar-refractivity contribution in [3.63, 3.8) is 0 Å². The van der Waals surface area contributed by atoms with Crippen LogP contribution in [-0.4, -0.2) is 12.8 Å². The molecule has 56 valence electrons. The van der Waals surface area contributed by atoms with E-state index >= 15 is 0 Å². The topological polar surface area (TPSA) is 12.4 Å². The summed E-state index contributed by atoms with van der Waals surface area (Å²) in [6.07, 6.45) is 4.81. The second-order valence-corrected chi connectivity index (χ2v) is 2.19. The summed E-state index contributed by atoms with van der Waals surface area (Å²) in [6, 6.07) is 0.239. The van der Waals surface area contributed by atoms with Gasteiger partial charge in [-0.05, 0) is 25.6 Å². The van der Waals surface area contributed by atoms with Crippen LogP contribution in [0.1, 0.15) is 20.3 Å². The van der Waals surface area contributed by atoms with Gasteiger partial charge in [-0.2, -0.15) is 0 Å². The van der Waals surface area contributed by atoms with E-state index in [0.29, 0.717) is 0 Å². The monoisotopic (exact) mass is 137 g/mol. The molecule has 0 saturated carbocycles. The molecule has 0 aliphatic heterocycles. The van der Waals surface area contributed by atoms with E-state index < -0.39 is 0 Å². The molecule has 0 N–H and O–H groups in total. The summed E-state index contributed by atoms with van der Waals surface area (Å²) >= 11 is 0. The lowest BCUT2D eigenvalue weighted by molar-refractivity contribution is 0.822. The summed E-state index contributed by atoms with van der Waals surface area (Å²) in [4.78, 5) is 3.91. The molecule has 0 aromatic heterocycles. The van der Waals surface area contributed by atoms with Crippen LogP contribution in [-0.2, 0) is 0 Å². The van der Waals surface area contributed by atoms with Crippen LogP contribution in [0.4, 0.5) is 0 Å². The van der Waals surface area contributed by atoms with E-state index in [2.05, 4.69) is 25.2 Å². The molecule has 0 unspecified atom stereocenters. The lowest BCUT2D eigenvalue weighted by Gasteiger charge is -2.06. The van der Waals surface area contributed by atoms with E-state index in [9.17, 15) is 0 Å². The first-order valence-electron chi connectivity index (χ1n) is 3.53. The van der Waals surface area contributed by atoms with Crippen molar-refractivity contribution in [2.24, 2.45) is 4.99 Å². The van der Waals surface area contributed by atoms with Crippen molar-refractivity contribution >= 4 is 6.72 Å². The first-order chi connectivity index (χ1) is 4.76. The van der Waals surface area contributed by atoms with E-state index in [1.807, 2.05) is 13.0 Å². The molecule has 0 bridgehead atoms. The highest BCUT2D eigenvalue weighted by Gasteiger charge is 2.00. The smallest absolute Gasteiger partial charge is 0.0676 e. The zero-order valence-electron chi connectivity index (χ0n) is 6.80. The lowest BCUT2D eigenvalue weighted by Crippen LogP contribution is -2.00. The van der Waals surface area contributed by atoms with Crippen molar-refractivity contribution in [3.05, 3.63) is 24.3 Å². The minimum absolute atomic E-state index is 0.239. The van der Waals surface area contributed by atoms with Gasteiger partial charge >= 0.3 is 0 Å². The molecular formula is C9H15N. The Hall–Kier alpha value is -0.850. The van der Waals surface area contributed by atoms with Gasteiger partial charge < -0.3 is 0 Å². The Morgan fingerprint density at radius 3 is 2.60 bits per heavy atom. The number of rotatable bonds is 4. The molecule has 10 heavy (non-hydrogen) atoms. The van der Waals surface area contributed by atoms with Gasteiger partial charge in [0, 0.05) is 0 Å². The van der Waals surface area contributed by atoms with Crippen LogP contribution in [0, 0.1) is 0 Å². The Balaban J connectivity index is 4.18. The van der Waals surface area contributed by atoms with Gasteiger partial charge in [-0.3, -0.25) is 4.99 Å². The average molecular weight is 137 g/mol. The molecule has 0 saturated heterocycles. The van der Waals surface area contributed by atoms with Crippen LogP contribution >= 0.6 is 0 Å². The van der Waals surface area contributed by atoms with Gasteiger partial charge in [-0.25, -0.2) is 0 Å². The fourth-order valence-electron chi connectivity index (χ4n) is 0.821. The fourth-order valence-corrected chi connectivity index (χ4v) is 0.821. The van der Waals surface area contributed by atoms with Crippen molar-refractivity contribution in [1.82, 2.24) is 0 Å². The first kappa shape index (κ1) is 9.15. The number of hydrogen-bond donors (Lipinski definition) is 0. The summed E-state index contributed by atoms with van der Waals surface area (Å²) in [5, 5.41) is 0. The summed E-state index contributed by atoms with van der Waals surface area (Å²) in [5.74, 6) is 0. The summed E-state index contributed by atoms with van der Waals surface area (Å²) in [6.45, 7) is 11.3. The lowest BCUT2D eigenvalue weighted by atomic mass is 10.1. The largest absolute Gasteiger partial charge is 0.293 e. The molecular weight excluding hydrogens is 122 g/mol. The van der Waals surface area contributed by atoms with Gasteiger partial charge in [0.15, 0.2) is 0 Å². The van der Waals surface area contributed by atoms with Crippen molar-refractivity contribution < 1.29 is 0 Å². The van der Waals surface area contributed by atoms with Crippen LogP contribution in [0.5, 0.6) is 0 Å². The second-order valence-electron chi connectivity index (χ2n) is 2.19. The quantitative estimate of drug-likeness (QED) is 0.417. The van der Waals surface area contributed by atoms with E-state index in [1.165, 1.54) is 5.57 Å². The number of nitrogens with zero attached hydrogens (tertiary/aromatic N) is 1. The Kier molecular flexibility index (Phi) is 4.55. The Morgan fingerprint density at radius 2 is 2.30 bits per heavy atom. The molecule has 0 aromatic rings. The Labute approximate surface area is 63.2 Å². The third-order valence-electron chi connectivity index (χ3n) is 1.55. The van der Waals surface area contributed by atoms with Gasteiger partial charge in [-0.15, -0.1) is 0 Å². The molecule has 1 atom stereocenters. The zero-order valence-corrected chi connectivity index (χ0v) is 6.80. The fraction of sp³-hybridized carbons (Fsp3) is 0.444. The van der Waals surface area contributed by atoms with Crippen molar-refractivity contribution in [2.75, 3.05) is 0 Å². The molecule has 0 fully saturated rings. The maximum absolute atomic E-state index is 3.91. The number of allylic oxidation sites excluding steroid dienone is 2. The Bertz CT molecular complexity index is 145. The normalized spacial score (nSPS) is 14.4. The molecule has 0 radical (unpaired) electrons. The van der Waals surface area contributed by atoms with E-state index in [-0.39, 0.29) is 6.04 Å². The van der Waals surface area contributed by atoms with E-state index in [1.54, 1.807) is 6.08 Å².